The van der Waals surface area contributed by atoms with E-state index in [0.717, 1.165) is 11.4 Å². The van der Waals surface area contributed by atoms with Crippen LogP contribution in [0.1, 0.15) is 6.42 Å². The van der Waals surface area contributed by atoms with E-state index in [4.69, 9.17) is 9.29 Å². The molecule has 0 bridgehead atoms. The monoisotopic (exact) mass is 245 g/mol. The Kier molecular flexibility index (Phi) is 4.57. The summed E-state index contributed by atoms with van der Waals surface area (Å²) in [6.07, 6.45) is 0.366. The minimum absolute atomic E-state index is 0.226. The summed E-state index contributed by atoms with van der Waals surface area (Å²) in [5.74, 6) is 0.541. The Morgan fingerprint density at radius 2 is 1.94 bits per heavy atom. The molecule has 16 heavy (non-hydrogen) atoms. The van der Waals surface area contributed by atoms with Crippen LogP contribution >= 0.6 is 0 Å². The van der Waals surface area contributed by atoms with E-state index in [-0.39, 0.29) is 5.75 Å². The maximum absolute atomic E-state index is 10.4. The molecule has 0 saturated heterocycles. The van der Waals surface area contributed by atoms with Crippen LogP contribution in [-0.2, 0) is 10.1 Å². The molecule has 0 unspecified atom stereocenters. The summed E-state index contributed by atoms with van der Waals surface area (Å²) < 4.78 is 34.4. The zero-order chi connectivity index (χ0) is 12.0. The van der Waals surface area contributed by atoms with Crippen LogP contribution < -0.4 is 10.1 Å². The van der Waals surface area contributed by atoms with Crippen molar-refractivity contribution in [3.05, 3.63) is 24.3 Å². The van der Waals surface area contributed by atoms with Crippen LogP contribution in [0.2, 0.25) is 0 Å². The largest absolute Gasteiger partial charge is 0.497 e. The normalized spacial score (nSPS) is 11.1. The van der Waals surface area contributed by atoms with Crippen molar-refractivity contribution in [2.75, 3.05) is 24.7 Å². The lowest BCUT2D eigenvalue weighted by atomic mass is 10.3. The second-order valence-electron chi connectivity index (χ2n) is 3.29. The van der Waals surface area contributed by atoms with Crippen molar-refractivity contribution in [2.45, 2.75) is 6.42 Å². The molecule has 0 amide bonds. The van der Waals surface area contributed by atoms with E-state index >= 15 is 0 Å². The van der Waals surface area contributed by atoms with Crippen molar-refractivity contribution >= 4 is 15.8 Å². The molecule has 1 aromatic carbocycles. The molecule has 0 aliphatic carbocycles. The summed E-state index contributed by atoms with van der Waals surface area (Å²) in [6, 6.07) is 7.30. The van der Waals surface area contributed by atoms with Crippen LogP contribution in [0.15, 0.2) is 24.3 Å². The van der Waals surface area contributed by atoms with Crippen LogP contribution in [-0.4, -0.2) is 32.4 Å². The predicted molar refractivity (Wildman–Crippen MR) is 62.5 cm³/mol. The molecule has 90 valence electrons. The summed E-state index contributed by atoms with van der Waals surface area (Å²) in [7, 11) is -2.26. The van der Waals surface area contributed by atoms with Gasteiger partial charge in [0.05, 0.1) is 12.9 Å². The van der Waals surface area contributed by atoms with Gasteiger partial charge in [-0.3, -0.25) is 4.55 Å². The molecule has 0 radical (unpaired) electrons. The van der Waals surface area contributed by atoms with Gasteiger partial charge in [-0.15, -0.1) is 0 Å². The zero-order valence-corrected chi connectivity index (χ0v) is 9.83. The first kappa shape index (κ1) is 12.8. The molecule has 0 fully saturated rings. The lowest BCUT2D eigenvalue weighted by Gasteiger charge is -2.06. The van der Waals surface area contributed by atoms with Crippen LogP contribution in [0.3, 0.4) is 0 Å². The molecular weight excluding hydrogens is 230 g/mol. The van der Waals surface area contributed by atoms with Gasteiger partial charge in [-0.1, -0.05) is 0 Å². The minimum atomic E-state index is -3.85. The SMILES string of the molecule is COc1ccc(NCCCS(=O)(=O)O)cc1. The third-order valence-corrected chi connectivity index (χ3v) is 2.80. The maximum Gasteiger partial charge on any atom is 0.264 e. The van der Waals surface area contributed by atoms with Crippen molar-refractivity contribution in [1.82, 2.24) is 0 Å². The lowest BCUT2D eigenvalue weighted by Crippen LogP contribution is -2.10. The third kappa shape index (κ3) is 4.99. The molecule has 0 aromatic heterocycles. The molecule has 0 aliphatic heterocycles. The average molecular weight is 245 g/mol. The standard InChI is InChI=1S/C10H15NO4S/c1-15-10-5-3-9(4-6-10)11-7-2-8-16(12,13)14/h3-6,11H,2,7-8H2,1H3,(H,12,13,14). The Hall–Kier alpha value is -1.27. The van der Waals surface area contributed by atoms with Gasteiger partial charge in [0.25, 0.3) is 10.1 Å². The van der Waals surface area contributed by atoms with Gasteiger partial charge >= 0.3 is 0 Å². The highest BCUT2D eigenvalue weighted by Crippen LogP contribution is 2.14. The number of nitrogens with one attached hydrogen (secondary N) is 1. The molecule has 0 atom stereocenters. The van der Waals surface area contributed by atoms with E-state index in [2.05, 4.69) is 5.32 Å². The smallest absolute Gasteiger partial charge is 0.264 e. The second kappa shape index (κ2) is 5.72. The molecule has 1 rings (SSSR count). The molecular formula is C10H15NO4S. The van der Waals surface area contributed by atoms with Gasteiger partial charge in [0.1, 0.15) is 5.75 Å². The van der Waals surface area contributed by atoms with Crippen molar-refractivity contribution < 1.29 is 17.7 Å². The van der Waals surface area contributed by atoms with Gasteiger partial charge in [-0.25, -0.2) is 0 Å². The highest BCUT2D eigenvalue weighted by atomic mass is 32.2. The van der Waals surface area contributed by atoms with Crippen LogP contribution in [0.4, 0.5) is 5.69 Å². The minimum Gasteiger partial charge on any atom is -0.497 e. The summed E-state index contributed by atoms with van der Waals surface area (Å²) in [4.78, 5) is 0. The molecule has 0 spiro atoms. The van der Waals surface area contributed by atoms with E-state index in [1.54, 1.807) is 7.11 Å². The molecule has 6 heteroatoms. The zero-order valence-electron chi connectivity index (χ0n) is 9.01. The first-order valence-corrected chi connectivity index (χ1v) is 6.45. The fourth-order valence-corrected chi connectivity index (χ4v) is 1.71. The first-order chi connectivity index (χ1) is 7.51. The van der Waals surface area contributed by atoms with Crippen LogP contribution in [0.25, 0.3) is 0 Å². The average Bonchev–Trinajstić information content (AvgIpc) is 2.24. The summed E-state index contributed by atoms with van der Waals surface area (Å²) in [5, 5.41) is 3.04. The Bertz CT molecular complexity index is 413. The molecule has 0 heterocycles. The summed E-state index contributed by atoms with van der Waals surface area (Å²) >= 11 is 0. The first-order valence-electron chi connectivity index (χ1n) is 4.84. The Balaban J connectivity index is 2.32. The Morgan fingerprint density at radius 1 is 1.31 bits per heavy atom. The third-order valence-electron chi connectivity index (χ3n) is 2.00. The van der Waals surface area contributed by atoms with Crippen molar-refractivity contribution in [3.63, 3.8) is 0 Å². The molecule has 0 saturated carbocycles. The van der Waals surface area contributed by atoms with Crippen LogP contribution in [0.5, 0.6) is 5.75 Å². The highest BCUT2D eigenvalue weighted by molar-refractivity contribution is 7.85. The van der Waals surface area contributed by atoms with Gasteiger partial charge in [0.15, 0.2) is 0 Å². The number of rotatable bonds is 6. The van der Waals surface area contributed by atoms with E-state index in [9.17, 15) is 8.42 Å². The van der Waals surface area contributed by atoms with Crippen LogP contribution in [0, 0.1) is 0 Å². The van der Waals surface area contributed by atoms with E-state index < -0.39 is 10.1 Å². The molecule has 2 N–H and O–H groups in total. The van der Waals surface area contributed by atoms with Crippen molar-refractivity contribution in [1.29, 1.82) is 0 Å². The van der Waals surface area contributed by atoms with Gasteiger partial charge in [0, 0.05) is 12.2 Å². The number of hydrogen-bond donors (Lipinski definition) is 2. The van der Waals surface area contributed by atoms with E-state index in [1.807, 2.05) is 24.3 Å². The number of methoxy groups -OCH3 is 1. The second-order valence-corrected chi connectivity index (χ2v) is 4.87. The number of ether oxygens (including phenoxy) is 1. The van der Waals surface area contributed by atoms with Gasteiger partial charge in [-0.05, 0) is 30.7 Å². The van der Waals surface area contributed by atoms with Gasteiger partial charge in [-0.2, -0.15) is 8.42 Å². The Labute approximate surface area is 95.2 Å². The number of anilines is 1. The van der Waals surface area contributed by atoms with E-state index in [1.165, 1.54) is 0 Å². The lowest BCUT2D eigenvalue weighted by molar-refractivity contribution is 0.415. The highest BCUT2D eigenvalue weighted by Gasteiger charge is 2.02. The number of hydrogen-bond acceptors (Lipinski definition) is 4. The molecule has 0 aliphatic rings. The van der Waals surface area contributed by atoms with Crippen molar-refractivity contribution in [3.8, 4) is 5.75 Å². The maximum atomic E-state index is 10.4. The predicted octanol–water partition coefficient (Wildman–Crippen LogP) is 1.38. The quantitative estimate of drug-likeness (QED) is 0.585. The fraction of sp³-hybridized carbons (Fsp3) is 0.400. The van der Waals surface area contributed by atoms with E-state index in [0.29, 0.717) is 13.0 Å². The topological polar surface area (TPSA) is 75.6 Å². The fourth-order valence-electron chi connectivity index (χ4n) is 1.20. The Morgan fingerprint density at radius 3 is 2.44 bits per heavy atom. The molecule has 5 nitrogen and oxygen atoms in total. The molecule has 1 aromatic rings. The van der Waals surface area contributed by atoms with Crippen molar-refractivity contribution in [2.24, 2.45) is 0 Å². The number of benzene rings is 1. The summed E-state index contributed by atoms with van der Waals surface area (Å²) in [6.45, 7) is 0.492. The summed E-state index contributed by atoms with van der Waals surface area (Å²) in [5.41, 5.74) is 0.885. The van der Waals surface area contributed by atoms with Gasteiger partial charge < -0.3 is 10.1 Å². The van der Waals surface area contributed by atoms with Gasteiger partial charge in [0.2, 0.25) is 0 Å².